The Morgan fingerprint density at radius 2 is 1.54 bits per heavy atom. The van der Waals surface area contributed by atoms with Gasteiger partial charge in [0.1, 0.15) is 20.2 Å². The van der Waals surface area contributed by atoms with Crippen LogP contribution < -0.4 is 15.9 Å². The molecule has 0 aliphatic heterocycles. The van der Waals surface area contributed by atoms with Crippen LogP contribution in [-0.2, 0) is 6.61 Å². The van der Waals surface area contributed by atoms with E-state index < -0.39 is 0 Å². The predicted molar refractivity (Wildman–Crippen MR) is 102 cm³/mol. The van der Waals surface area contributed by atoms with Crippen molar-refractivity contribution in [2.24, 2.45) is 0 Å². The van der Waals surface area contributed by atoms with E-state index in [0.29, 0.717) is 18.0 Å². The molecule has 4 aromatic carbocycles. The molecule has 114 valence electrons. The van der Waals surface area contributed by atoms with Gasteiger partial charge in [-0.2, -0.15) is 0 Å². The van der Waals surface area contributed by atoms with Crippen molar-refractivity contribution >= 4 is 40.5 Å². The van der Waals surface area contributed by atoms with Crippen LogP contribution in [0.4, 0.5) is 5.69 Å². The summed E-state index contributed by atoms with van der Waals surface area (Å²) in [5.74, 6) is 0.714. The van der Waals surface area contributed by atoms with Gasteiger partial charge in [-0.25, -0.2) is 0 Å². The molecule has 2 nitrogen and oxygen atoms in total. The summed E-state index contributed by atoms with van der Waals surface area (Å²) in [6.45, 7) is 0.475. The van der Waals surface area contributed by atoms with Gasteiger partial charge in [0.05, 0.1) is 5.69 Å². The second-order valence-electron chi connectivity index (χ2n) is 5.93. The number of fused-ring (bicyclic) bond motifs is 2. The number of rotatable bonds is 3. The first kappa shape index (κ1) is 14.6. The molecule has 0 atom stereocenters. The SMILES string of the molecule is [B]c1ccc2cc(COc3ccc4ccccc4c3N)ccc2c1. The predicted octanol–water partition coefficient (Wildman–Crippen LogP) is 3.95. The summed E-state index contributed by atoms with van der Waals surface area (Å²) in [5, 5.41) is 4.41. The van der Waals surface area contributed by atoms with E-state index in [1.54, 1.807) is 0 Å². The molecule has 24 heavy (non-hydrogen) atoms. The summed E-state index contributed by atoms with van der Waals surface area (Å²) in [6, 6.07) is 24.2. The number of hydrogen-bond donors (Lipinski definition) is 1. The molecule has 0 aliphatic carbocycles. The molecular weight excluding hydrogens is 293 g/mol. The van der Waals surface area contributed by atoms with Crippen LogP contribution in [0.2, 0.25) is 0 Å². The number of nitrogens with two attached hydrogens (primary N) is 1. The van der Waals surface area contributed by atoms with Crippen molar-refractivity contribution in [3.8, 4) is 5.75 Å². The van der Waals surface area contributed by atoms with Crippen LogP contribution >= 0.6 is 0 Å². The lowest BCUT2D eigenvalue weighted by Crippen LogP contribution is -2.01. The Morgan fingerprint density at radius 3 is 2.46 bits per heavy atom. The van der Waals surface area contributed by atoms with Crippen molar-refractivity contribution in [2.45, 2.75) is 6.61 Å². The lowest BCUT2D eigenvalue weighted by Gasteiger charge is -2.12. The van der Waals surface area contributed by atoms with Crippen molar-refractivity contribution in [1.82, 2.24) is 0 Å². The number of anilines is 1. The molecule has 0 heterocycles. The second-order valence-corrected chi connectivity index (χ2v) is 5.93. The Hall–Kier alpha value is -2.94. The van der Waals surface area contributed by atoms with Gasteiger partial charge >= 0.3 is 0 Å². The maximum Gasteiger partial charge on any atom is 0.143 e. The minimum Gasteiger partial charge on any atom is -0.487 e. The quantitative estimate of drug-likeness (QED) is 0.459. The molecule has 0 aliphatic rings. The van der Waals surface area contributed by atoms with Crippen LogP contribution in [0.15, 0.2) is 72.8 Å². The molecule has 2 N–H and O–H groups in total. The van der Waals surface area contributed by atoms with Gasteiger partial charge in [0.15, 0.2) is 0 Å². The Balaban J connectivity index is 1.60. The Morgan fingerprint density at radius 1 is 0.792 bits per heavy atom. The minimum atomic E-state index is 0.475. The average molecular weight is 309 g/mol. The zero-order chi connectivity index (χ0) is 16.5. The molecule has 0 saturated carbocycles. The van der Waals surface area contributed by atoms with Crippen molar-refractivity contribution in [2.75, 3.05) is 5.73 Å². The van der Waals surface area contributed by atoms with E-state index in [2.05, 4.69) is 18.2 Å². The van der Waals surface area contributed by atoms with E-state index in [1.807, 2.05) is 54.6 Å². The smallest absolute Gasteiger partial charge is 0.143 e. The molecule has 0 saturated heterocycles. The summed E-state index contributed by atoms with van der Waals surface area (Å²) < 4.78 is 5.95. The molecule has 3 heteroatoms. The highest BCUT2D eigenvalue weighted by molar-refractivity contribution is 6.33. The number of hydrogen-bond acceptors (Lipinski definition) is 2. The van der Waals surface area contributed by atoms with E-state index in [4.69, 9.17) is 18.3 Å². The maximum atomic E-state index is 6.25. The Kier molecular flexibility index (Phi) is 3.62. The fourth-order valence-electron chi connectivity index (χ4n) is 2.97. The first-order valence-corrected chi connectivity index (χ1v) is 7.89. The first-order valence-electron chi connectivity index (χ1n) is 7.89. The van der Waals surface area contributed by atoms with Crippen LogP contribution in [0.5, 0.6) is 5.75 Å². The third-order valence-electron chi connectivity index (χ3n) is 4.25. The fourth-order valence-corrected chi connectivity index (χ4v) is 2.97. The van der Waals surface area contributed by atoms with Gasteiger partial charge in [0.25, 0.3) is 0 Å². The van der Waals surface area contributed by atoms with Gasteiger partial charge in [-0.15, -0.1) is 0 Å². The summed E-state index contributed by atoms with van der Waals surface area (Å²) in [4.78, 5) is 0. The molecule has 0 unspecified atom stereocenters. The average Bonchev–Trinajstić information content (AvgIpc) is 2.61. The molecule has 2 radical (unpaired) electrons. The van der Waals surface area contributed by atoms with Crippen LogP contribution in [0.25, 0.3) is 21.5 Å². The zero-order valence-corrected chi connectivity index (χ0v) is 13.2. The third kappa shape index (κ3) is 2.69. The molecule has 0 bridgehead atoms. The van der Waals surface area contributed by atoms with E-state index in [-0.39, 0.29) is 0 Å². The van der Waals surface area contributed by atoms with E-state index >= 15 is 0 Å². The standard InChI is InChI=1S/C21H16BNO/c22-18-9-7-16-11-14(5-6-17(16)12-18)13-24-20-10-8-15-3-1-2-4-19(15)21(20)23/h1-12H,13,23H2. The normalized spacial score (nSPS) is 11.0. The molecular formula is C21H16BNO. The van der Waals surface area contributed by atoms with E-state index in [1.165, 1.54) is 0 Å². The zero-order valence-electron chi connectivity index (χ0n) is 13.2. The number of benzene rings is 4. The molecule has 0 spiro atoms. The lowest BCUT2D eigenvalue weighted by atomic mass is 9.93. The van der Waals surface area contributed by atoms with Crippen LogP contribution in [0.1, 0.15) is 5.56 Å². The highest BCUT2D eigenvalue weighted by Gasteiger charge is 2.06. The summed E-state index contributed by atoms with van der Waals surface area (Å²) in [7, 11) is 5.82. The molecule has 0 amide bonds. The van der Waals surface area contributed by atoms with Crippen molar-refractivity contribution in [1.29, 1.82) is 0 Å². The topological polar surface area (TPSA) is 35.2 Å². The molecule has 0 aromatic heterocycles. The van der Waals surface area contributed by atoms with E-state index in [0.717, 1.165) is 32.6 Å². The van der Waals surface area contributed by atoms with Crippen molar-refractivity contribution in [3.05, 3.63) is 78.4 Å². The Bertz CT molecular complexity index is 1040. The second kappa shape index (κ2) is 5.93. The van der Waals surface area contributed by atoms with Crippen LogP contribution in [-0.4, -0.2) is 7.85 Å². The highest BCUT2D eigenvalue weighted by Crippen LogP contribution is 2.31. The van der Waals surface area contributed by atoms with Crippen LogP contribution in [0.3, 0.4) is 0 Å². The van der Waals surface area contributed by atoms with Crippen molar-refractivity contribution < 1.29 is 4.74 Å². The third-order valence-corrected chi connectivity index (χ3v) is 4.25. The molecule has 4 aromatic rings. The van der Waals surface area contributed by atoms with Gasteiger partial charge < -0.3 is 10.5 Å². The summed E-state index contributed by atoms with van der Waals surface area (Å²) >= 11 is 0. The summed E-state index contributed by atoms with van der Waals surface area (Å²) in [5.41, 5.74) is 8.80. The van der Waals surface area contributed by atoms with Gasteiger partial charge in [-0.3, -0.25) is 0 Å². The number of ether oxygens (including phenoxy) is 1. The number of nitrogen functional groups attached to an aromatic ring is 1. The van der Waals surface area contributed by atoms with Gasteiger partial charge in [-0.1, -0.05) is 66.1 Å². The lowest BCUT2D eigenvalue weighted by molar-refractivity contribution is 0.308. The molecule has 4 rings (SSSR count). The van der Waals surface area contributed by atoms with Gasteiger partial charge in [0, 0.05) is 5.39 Å². The molecule has 0 fully saturated rings. The van der Waals surface area contributed by atoms with Gasteiger partial charge in [0.2, 0.25) is 0 Å². The van der Waals surface area contributed by atoms with Crippen molar-refractivity contribution in [3.63, 3.8) is 0 Å². The largest absolute Gasteiger partial charge is 0.487 e. The van der Waals surface area contributed by atoms with Crippen LogP contribution in [0, 0.1) is 0 Å². The Labute approximate surface area is 142 Å². The van der Waals surface area contributed by atoms with E-state index in [9.17, 15) is 0 Å². The van der Waals surface area contributed by atoms with Gasteiger partial charge in [-0.05, 0) is 33.9 Å². The maximum absolute atomic E-state index is 6.25. The monoisotopic (exact) mass is 309 g/mol. The highest BCUT2D eigenvalue weighted by atomic mass is 16.5. The first-order chi connectivity index (χ1) is 11.7. The minimum absolute atomic E-state index is 0.475. The fraction of sp³-hybridized carbons (Fsp3) is 0.0476. The summed E-state index contributed by atoms with van der Waals surface area (Å²) in [6.07, 6.45) is 0.